The van der Waals surface area contributed by atoms with E-state index in [1.165, 1.54) is 16.8 Å². The average Bonchev–Trinajstić information content (AvgIpc) is 3.31. The first kappa shape index (κ1) is 35.8. The maximum Gasteiger partial charge on any atom is 0.274 e. The lowest BCUT2D eigenvalue weighted by Crippen LogP contribution is -2.46. The fraction of sp³-hybridized carbons (Fsp3) is 0.333. The van der Waals surface area contributed by atoms with Crippen LogP contribution < -0.4 is 10.8 Å². The van der Waals surface area contributed by atoms with Gasteiger partial charge in [-0.3, -0.25) is 9.59 Å². The molecule has 0 saturated heterocycles. The van der Waals surface area contributed by atoms with Crippen molar-refractivity contribution in [3.8, 4) is 11.1 Å². The lowest BCUT2D eigenvalue weighted by atomic mass is 9.98. The smallest absolute Gasteiger partial charge is 0.274 e. The van der Waals surface area contributed by atoms with Crippen LogP contribution >= 0.6 is 0 Å². The molecule has 2 amide bonds. The summed E-state index contributed by atoms with van der Waals surface area (Å²) in [7, 11) is -2.15. The van der Waals surface area contributed by atoms with Crippen molar-refractivity contribution in [1.82, 2.24) is 15.4 Å². The van der Waals surface area contributed by atoms with Crippen LogP contribution in [0.3, 0.4) is 0 Å². The van der Waals surface area contributed by atoms with Crippen LogP contribution in [0.5, 0.6) is 0 Å². The van der Waals surface area contributed by atoms with Gasteiger partial charge in [-0.25, -0.2) is 5.48 Å². The van der Waals surface area contributed by atoms with Gasteiger partial charge in [0.1, 0.15) is 0 Å². The van der Waals surface area contributed by atoms with E-state index in [1.807, 2.05) is 43.3 Å². The standard InChI is InChI=1S/C42H51N3O3Si/c1-27(2)33-14-13-15-34(24-33)29(4)43-40(46)35-22-23-39-38(25-35)28(3)30(5)45(39)26-31-18-20-32(21-19-31)36-16-11-12-17-37(36)41(47)44-48-49(9,10)42(6,7)8/h11-25,27,29H,26H2,1-10H3,(H,43,46)(H,44,47)/t29-/m0/s1. The van der Waals surface area contributed by atoms with Crippen LogP contribution in [0, 0.1) is 13.8 Å². The Kier molecular flexibility index (Phi) is 10.4. The molecule has 4 aromatic carbocycles. The highest BCUT2D eigenvalue weighted by atomic mass is 28.4. The number of amides is 2. The summed E-state index contributed by atoms with van der Waals surface area (Å²) in [4.78, 5) is 26.6. The SMILES string of the molecule is Cc1c(C)n(Cc2ccc(-c3ccccc3C(=O)NO[Si](C)(C)C(C)(C)C)cc2)c2ccc(C(=O)N[C@@H](C)c3cccc(C(C)C)c3)cc12. The third kappa shape index (κ3) is 7.74. The topological polar surface area (TPSA) is 72.4 Å². The highest BCUT2D eigenvalue weighted by Crippen LogP contribution is 2.36. The van der Waals surface area contributed by atoms with Crippen LogP contribution in [0.1, 0.15) is 102 Å². The molecule has 1 heterocycles. The van der Waals surface area contributed by atoms with Gasteiger partial charge >= 0.3 is 0 Å². The summed E-state index contributed by atoms with van der Waals surface area (Å²) in [6.45, 7) is 22.0. The number of carbonyl (C=O) groups is 2. The summed E-state index contributed by atoms with van der Waals surface area (Å²) in [6.07, 6.45) is 0. The molecule has 1 aromatic heterocycles. The Balaban J connectivity index is 1.32. The van der Waals surface area contributed by atoms with Crippen molar-refractivity contribution >= 4 is 31.0 Å². The molecule has 2 N–H and O–H groups in total. The molecule has 0 spiro atoms. The molecule has 1 atom stereocenters. The Morgan fingerprint density at radius 2 is 1.49 bits per heavy atom. The van der Waals surface area contributed by atoms with E-state index in [-0.39, 0.29) is 22.9 Å². The summed E-state index contributed by atoms with van der Waals surface area (Å²) in [6, 6.07) is 30.4. The molecule has 0 radical (unpaired) electrons. The van der Waals surface area contributed by atoms with E-state index >= 15 is 0 Å². The van der Waals surface area contributed by atoms with E-state index in [0.717, 1.165) is 33.2 Å². The molecular weight excluding hydrogens is 623 g/mol. The van der Waals surface area contributed by atoms with Gasteiger partial charge in [0.05, 0.1) is 6.04 Å². The molecule has 7 heteroatoms. The summed E-state index contributed by atoms with van der Waals surface area (Å²) in [5.41, 5.74) is 12.7. The predicted octanol–water partition coefficient (Wildman–Crippen LogP) is 10.3. The van der Waals surface area contributed by atoms with Gasteiger partial charge in [0.15, 0.2) is 0 Å². The number of rotatable bonds is 10. The number of aromatic nitrogens is 1. The number of hydroxylamine groups is 1. The van der Waals surface area contributed by atoms with Gasteiger partial charge in [0.2, 0.25) is 8.32 Å². The highest BCUT2D eigenvalue weighted by molar-refractivity contribution is 6.74. The minimum Gasteiger partial charge on any atom is -0.346 e. The summed E-state index contributed by atoms with van der Waals surface area (Å²) in [5.74, 6) is 0.115. The Labute approximate surface area is 293 Å². The fourth-order valence-electron chi connectivity index (χ4n) is 5.83. The third-order valence-corrected chi connectivity index (χ3v) is 14.5. The molecule has 0 aliphatic rings. The van der Waals surface area contributed by atoms with Crippen molar-refractivity contribution in [3.05, 3.63) is 130 Å². The lowest BCUT2D eigenvalue weighted by Gasteiger charge is -2.35. The number of hydrogen-bond acceptors (Lipinski definition) is 3. The summed E-state index contributed by atoms with van der Waals surface area (Å²) >= 11 is 0. The van der Waals surface area contributed by atoms with Crippen molar-refractivity contribution in [2.45, 2.75) is 92.0 Å². The van der Waals surface area contributed by atoms with Gasteiger partial charge < -0.3 is 14.4 Å². The van der Waals surface area contributed by atoms with Gasteiger partial charge in [-0.1, -0.05) is 101 Å². The Morgan fingerprint density at radius 3 is 2.16 bits per heavy atom. The minimum absolute atomic E-state index is 0.0201. The first-order valence-electron chi connectivity index (χ1n) is 17.2. The van der Waals surface area contributed by atoms with Gasteiger partial charge in [0, 0.05) is 34.3 Å². The molecule has 0 bridgehead atoms. The molecule has 0 unspecified atom stereocenters. The molecule has 6 nitrogen and oxygen atoms in total. The quantitative estimate of drug-likeness (QED) is 0.114. The maximum atomic E-state index is 13.4. The Hall–Kier alpha value is -4.46. The van der Waals surface area contributed by atoms with Crippen LogP contribution in [-0.4, -0.2) is 24.7 Å². The van der Waals surface area contributed by atoms with Gasteiger partial charge in [0.25, 0.3) is 11.8 Å². The zero-order valence-corrected chi connectivity index (χ0v) is 31.7. The normalized spacial score (nSPS) is 12.7. The largest absolute Gasteiger partial charge is 0.346 e. The number of fused-ring (bicyclic) bond motifs is 1. The molecule has 0 saturated carbocycles. The third-order valence-electron chi connectivity index (χ3n) is 10.3. The lowest BCUT2D eigenvalue weighted by molar-refractivity contribution is 0.0730. The van der Waals surface area contributed by atoms with Crippen molar-refractivity contribution in [1.29, 1.82) is 0 Å². The molecule has 0 aliphatic carbocycles. The van der Waals surface area contributed by atoms with Gasteiger partial charge in [-0.05, 0) is 102 Å². The van der Waals surface area contributed by atoms with Crippen LogP contribution in [0.4, 0.5) is 0 Å². The van der Waals surface area contributed by atoms with Crippen molar-refractivity contribution in [2.24, 2.45) is 0 Å². The summed E-state index contributed by atoms with van der Waals surface area (Å²) < 4.78 is 8.32. The predicted molar refractivity (Wildman–Crippen MR) is 205 cm³/mol. The van der Waals surface area contributed by atoms with Crippen molar-refractivity contribution < 1.29 is 14.1 Å². The molecule has 49 heavy (non-hydrogen) atoms. The Morgan fingerprint density at radius 1 is 0.816 bits per heavy atom. The van der Waals surface area contributed by atoms with Crippen LogP contribution in [-0.2, 0) is 11.1 Å². The monoisotopic (exact) mass is 673 g/mol. The second kappa shape index (κ2) is 14.2. The second-order valence-corrected chi connectivity index (χ2v) is 19.8. The number of benzene rings is 4. The first-order chi connectivity index (χ1) is 23.1. The van der Waals surface area contributed by atoms with Crippen LogP contribution in [0.25, 0.3) is 22.0 Å². The van der Waals surface area contributed by atoms with Crippen molar-refractivity contribution in [2.75, 3.05) is 0 Å². The van der Waals surface area contributed by atoms with E-state index in [1.54, 1.807) is 0 Å². The van der Waals surface area contributed by atoms with E-state index in [9.17, 15) is 9.59 Å². The molecule has 5 rings (SSSR count). The van der Waals surface area contributed by atoms with Crippen LogP contribution in [0.2, 0.25) is 18.1 Å². The minimum atomic E-state index is -2.15. The Bertz CT molecular complexity index is 1980. The highest BCUT2D eigenvalue weighted by Gasteiger charge is 2.39. The number of nitrogens with one attached hydrogen (secondary N) is 2. The van der Waals surface area contributed by atoms with Gasteiger partial charge in [-0.2, -0.15) is 0 Å². The van der Waals surface area contributed by atoms with Crippen LogP contribution in [0.15, 0.2) is 91.0 Å². The molecule has 5 aromatic rings. The number of hydrogen-bond donors (Lipinski definition) is 2. The fourth-order valence-corrected chi connectivity index (χ4v) is 6.49. The molecule has 256 valence electrons. The van der Waals surface area contributed by atoms with E-state index in [0.29, 0.717) is 23.6 Å². The number of aryl methyl sites for hydroxylation is 1. The summed E-state index contributed by atoms with van der Waals surface area (Å²) in [5, 5.41) is 4.26. The molecule has 0 aliphatic heterocycles. The average molecular weight is 674 g/mol. The van der Waals surface area contributed by atoms with E-state index in [2.05, 4.69) is 132 Å². The molecule has 0 fully saturated rings. The maximum absolute atomic E-state index is 13.4. The number of nitrogens with zero attached hydrogens (tertiary/aromatic N) is 1. The zero-order chi connectivity index (χ0) is 35.7. The van der Waals surface area contributed by atoms with E-state index in [4.69, 9.17) is 4.53 Å². The number of carbonyl (C=O) groups excluding carboxylic acids is 2. The molecular formula is C42H51N3O3Si. The van der Waals surface area contributed by atoms with E-state index < -0.39 is 8.32 Å². The zero-order valence-electron chi connectivity index (χ0n) is 30.7. The second-order valence-electron chi connectivity index (χ2n) is 15.1. The van der Waals surface area contributed by atoms with Crippen molar-refractivity contribution in [3.63, 3.8) is 0 Å². The van der Waals surface area contributed by atoms with Gasteiger partial charge in [-0.15, -0.1) is 0 Å². The first-order valence-corrected chi connectivity index (χ1v) is 20.1.